The molecule has 0 fully saturated rings. The second-order valence-electron chi connectivity index (χ2n) is 6.29. The first-order valence-corrected chi connectivity index (χ1v) is 10.1. The number of halogens is 3. The van der Waals surface area contributed by atoms with Crippen LogP contribution in [0, 0.1) is 0 Å². The normalized spacial score (nSPS) is 11.8. The van der Waals surface area contributed by atoms with Gasteiger partial charge in [-0.3, -0.25) is 0 Å². The summed E-state index contributed by atoms with van der Waals surface area (Å²) >= 11 is 16.5. The molecule has 0 spiro atoms. The standard InChI is InChI=1S/C13H29N.C6H3Cl3O/c1-3-4-5-6-7-8-9-10-11-12-13(2)14;7-3-1-5(9)6(10)2-4(3)8/h13H,3-12,14H2,1-2H3;1-2,10H/p-1. The number of hydrogen-bond acceptors (Lipinski definition) is 2. The highest BCUT2D eigenvalue weighted by Gasteiger charge is 1.97. The molecular formula is C19H31Cl3NO-. The zero-order chi connectivity index (χ0) is 18.4. The quantitative estimate of drug-likeness (QED) is 0.343. The summed E-state index contributed by atoms with van der Waals surface area (Å²) in [5, 5.41) is 11.3. The van der Waals surface area contributed by atoms with Crippen molar-refractivity contribution in [2.45, 2.75) is 84.1 Å². The van der Waals surface area contributed by atoms with Crippen molar-refractivity contribution in [1.82, 2.24) is 0 Å². The van der Waals surface area contributed by atoms with E-state index in [1.165, 1.54) is 76.3 Å². The van der Waals surface area contributed by atoms with Gasteiger partial charge in [0.1, 0.15) is 0 Å². The molecule has 0 bridgehead atoms. The Balaban J connectivity index is 0.000000463. The lowest BCUT2D eigenvalue weighted by Crippen LogP contribution is -2.13. The van der Waals surface area contributed by atoms with Gasteiger partial charge in [0.05, 0.1) is 10.0 Å². The van der Waals surface area contributed by atoms with Crippen molar-refractivity contribution in [2.75, 3.05) is 0 Å². The maximum Gasteiger partial charge on any atom is 0.0606 e. The van der Waals surface area contributed by atoms with Gasteiger partial charge < -0.3 is 10.8 Å². The van der Waals surface area contributed by atoms with Crippen LogP contribution in [0.1, 0.15) is 78.1 Å². The summed E-state index contributed by atoms with van der Waals surface area (Å²) in [4.78, 5) is 0. The summed E-state index contributed by atoms with van der Waals surface area (Å²) < 4.78 is 0. The Hall–Kier alpha value is -0.150. The molecule has 0 aromatic heterocycles. The van der Waals surface area contributed by atoms with Crippen LogP contribution in [0.4, 0.5) is 0 Å². The SMILES string of the molecule is CCCCCCCCCCCC(C)N.[O-]c1cc(Cl)c(Cl)cc1Cl. The minimum Gasteiger partial charge on any atom is -0.871 e. The van der Waals surface area contributed by atoms with Gasteiger partial charge in [0.15, 0.2) is 0 Å². The molecule has 2 N–H and O–H groups in total. The fourth-order valence-corrected chi connectivity index (χ4v) is 2.82. The molecule has 1 atom stereocenters. The van der Waals surface area contributed by atoms with Crippen molar-refractivity contribution in [3.8, 4) is 5.75 Å². The van der Waals surface area contributed by atoms with Gasteiger partial charge in [-0.25, -0.2) is 0 Å². The first-order chi connectivity index (χ1) is 11.4. The van der Waals surface area contributed by atoms with Crippen LogP contribution >= 0.6 is 34.8 Å². The lowest BCUT2D eigenvalue weighted by Gasteiger charge is -2.08. The van der Waals surface area contributed by atoms with Crippen LogP contribution in [-0.2, 0) is 0 Å². The summed E-state index contributed by atoms with van der Waals surface area (Å²) in [6.45, 7) is 4.37. The second kappa shape index (κ2) is 15.1. The van der Waals surface area contributed by atoms with Crippen LogP contribution in [0.2, 0.25) is 15.1 Å². The van der Waals surface area contributed by atoms with Gasteiger partial charge in [-0.1, -0.05) is 105 Å². The largest absolute Gasteiger partial charge is 0.871 e. The predicted molar refractivity (Wildman–Crippen MR) is 106 cm³/mol. The highest BCUT2D eigenvalue weighted by Crippen LogP contribution is 2.30. The molecule has 0 heterocycles. The maximum atomic E-state index is 10.7. The molecule has 0 amide bonds. The molecule has 5 heteroatoms. The van der Waals surface area contributed by atoms with Gasteiger partial charge >= 0.3 is 0 Å². The van der Waals surface area contributed by atoms with E-state index in [-0.39, 0.29) is 15.8 Å². The van der Waals surface area contributed by atoms with Crippen LogP contribution in [0.25, 0.3) is 0 Å². The molecule has 2 nitrogen and oxygen atoms in total. The lowest BCUT2D eigenvalue weighted by atomic mass is 10.1. The third-order valence-electron chi connectivity index (χ3n) is 3.74. The third kappa shape index (κ3) is 13.2. The predicted octanol–water partition coefficient (Wildman–Crippen LogP) is 6.97. The van der Waals surface area contributed by atoms with Gasteiger partial charge in [0, 0.05) is 11.1 Å². The zero-order valence-electron chi connectivity index (χ0n) is 14.9. The van der Waals surface area contributed by atoms with Gasteiger partial charge in [-0.05, 0) is 25.5 Å². The number of unbranched alkanes of at least 4 members (excludes halogenated alkanes) is 8. The molecule has 0 aliphatic rings. The monoisotopic (exact) mass is 394 g/mol. The molecule has 1 aromatic carbocycles. The molecule has 140 valence electrons. The molecule has 0 aliphatic carbocycles. The zero-order valence-corrected chi connectivity index (χ0v) is 17.2. The van der Waals surface area contributed by atoms with Gasteiger partial charge in [-0.15, -0.1) is 0 Å². The topological polar surface area (TPSA) is 49.1 Å². The number of benzene rings is 1. The Bertz CT molecular complexity index is 389. The molecule has 1 rings (SSSR count). The van der Waals surface area contributed by atoms with Gasteiger partial charge in [0.25, 0.3) is 0 Å². The molecule has 0 radical (unpaired) electrons. The fourth-order valence-electron chi connectivity index (χ4n) is 2.28. The minimum absolute atomic E-state index is 0.0920. The Morgan fingerprint density at radius 3 is 1.75 bits per heavy atom. The van der Waals surface area contributed by atoms with Crippen molar-refractivity contribution < 1.29 is 5.11 Å². The maximum absolute atomic E-state index is 10.7. The van der Waals surface area contributed by atoms with E-state index in [2.05, 4.69) is 13.8 Å². The number of nitrogens with two attached hydrogens (primary N) is 1. The van der Waals surface area contributed by atoms with Crippen molar-refractivity contribution >= 4 is 34.8 Å². The van der Waals surface area contributed by atoms with Crippen LogP contribution in [0.15, 0.2) is 12.1 Å². The highest BCUT2D eigenvalue weighted by atomic mass is 35.5. The molecule has 0 saturated carbocycles. The van der Waals surface area contributed by atoms with Crippen LogP contribution in [0.3, 0.4) is 0 Å². The van der Waals surface area contributed by atoms with E-state index < -0.39 is 0 Å². The van der Waals surface area contributed by atoms with Crippen LogP contribution in [-0.4, -0.2) is 6.04 Å². The summed E-state index contributed by atoms with van der Waals surface area (Å²) in [5.41, 5.74) is 5.69. The van der Waals surface area contributed by atoms with E-state index in [4.69, 9.17) is 40.5 Å². The van der Waals surface area contributed by atoms with Gasteiger partial charge in [-0.2, -0.15) is 0 Å². The van der Waals surface area contributed by atoms with Crippen LogP contribution in [0.5, 0.6) is 5.75 Å². The fraction of sp³-hybridized carbons (Fsp3) is 0.684. The van der Waals surface area contributed by atoms with E-state index in [0.29, 0.717) is 11.1 Å². The van der Waals surface area contributed by atoms with Crippen molar-refractivity contribution in [3.05, 3.63) is 27.2 Å². The Labute approximate surface area is 162 Å². The van der Waals surface area contributed by atoms with E-state index in [0.717, 1.165) is 0 Å². The Morgan fingerprint density at radius 2 is 1.29 bits per heavy atom. The first kappa shape index (κ1) is 23.9. The molecule has 0 aliphatic heterocycles. The number of hydrogen-bond donors (Lipinski definition) is 1. The summed E-state index contributed by atoms with van der Waals surface area (Å²) in [7, 11) is 0. The second-order valence-corrected chi connectivity index (χ2v) is 7.51. The average Bonchev–Trinajstić information content (AvgIpc) is 2.52. The molecule has 24 heavy (non-hydrogen) atoms. The molecular weight excluding hydrogens is 365 g/mol. The Morgan fingerprint density at radius 1 is 0.833 bits per heavy atom. The first-order valence-electron chi connectivity index (χ1n) is 8.95. The summed E-state index contributed by atoms with van der Waals surface area (Å²) in [6, 6.07) is 2.92. The molecule has 0 saturated heterocycles. The smallest absolute Gasteiger partial charge is 0.0606 e. The van der Waals surface area contributed by atoms with Gasteiger partial charge in [0.2, 0.25) is 0 Å². The van der Waals surface area contributed by atoms with Crippen molar-refractivity contribution in [3.63, 3.8) is 0 Å². The minimum atomic E-state index is -0.309. The Kier molecular flexibility index (Phi) is 15.0. The van der Waals surface area contributed by atoms with E-state index in [1.54, 1.807) is 0 Å². The van der Waals surface area contributed by atoms with E-state index in [1.807, 2.05) is 0 Å². The molecule has 1 aromatic rings. The van der Waals surface area contributed by atoms with E-state index >= 15 is 0 Å². The lowest BCUT2D eigenvalue weighted by molar-refractivity contribution is -0.268. The summed E-state index contributed by atoms with van der Waals surface area (Å²) in [6.07, 6.45) is 13.9. The molecule has 1 unspecified atom stereocenters. The van der Waals surface area contributed by atoms with Crippen molar-refractivity contribution in [1.29, 1.82) is 0 Å². The van der Waals surface area contributed by atoms with Crippen LogP contribution < -0.4 is 10.8 Å². The highest BCUT2D eigenvalue weighted by molar-refractivity contribution is 6.43. The van der Waals surface area contributed by atoms with E-state index in [9.17, 15) is 5.11 Å². The van der Waals surface area contributed by atoms with Crippen molar-refractivity contribution in [2.24, 2.45) is 5.73 Å². The average molecular weight is 396 g/mol. The number of rotatable bonds is 10. The summed E-state index contributed by atoms with van der Waals surface area (Å²) in [5.74, 6) is -0.309. The third-order valence-corrected chi connectivity index (χ3v) is 4.76.